The van der Waals surface area contributed by atoms with Gasteiger partial charge >= 0.3 is 13.6 Å². The molecule has 1 fully saturated rings. The van der Waals surface area contributed by atoms with Gasteiger partial charge in [0.2, 0.25) is 0 Å². The number of hydrogen-bond donors (Lipinski definition) is 2. The first-order valence-electron chi connectivity index (χ1n) is 10.6. The molecule has 8 nitrogen and oxygen atoms in total. The second-order valence-electron chi connectivity index (χ2n) is 10.0. The Morgan fingerprint density at radius 2 is 1.61 bits per heavy atom. The molecule has 2 amide bonds. The monoisotopic (exact) mass is 433 g/mol. The standard InChI is InChI=1S/C22H36BN3O5/c1-20(2,3)30-19(28)26-12-10-25(11-13-26)17-9-8-15(14-16(17)18(24)27)23-31-22(6,7)21(4,5)29/h8-9,14,23,29H,10-13H2,1-7H3,(H2,24,27). The highest BCUT2D eigenvalue weighted by Crippen LogP contribution is 2.25. The number of carbonyl (C=O) groups is 2. The lowest BCUT2D eigenvalue weighted by Crippen LogP contribution is -2.50. The van der Waals surface area contributed by atoms with Crippen LogP contribution in [0, 0.1) is 0 Å². The number of rotatable bonds is 6. The molecule has 2 rings (SSSR count). The lowest BCUT2D eigenvalue weighted by Gasteiger charge is -2.38. The second kappa shape index (κ2) is 9.08. The van der Waals surface area contributed by atoms with Crippen LogP contribution in [0.3, 0.4) is 0 Å². The number of nitrogens with zero attached hydrogens (tertiary/aromatic N) is 2. The third-order valence-electron chi connectivity index (χ3n) is 5.67. The molecule has 0 atom stereocenters. The van der Waals surface area contributed by atoms with E-state index in [1.807, 2.05) is 51.7 Å². The van der Waals surface area contributed by atoms with Gasteiger partial charge in [0.05, 0.1) is 16.8 Å². The minimum Gasteiger partial charge on any atom is -0.444 e. The first-order chi connectivity index (χ1) is 14.1. The highest BCUT2D eigenvalue weighted by molar-refractivity contribution is 6.47. The fourth-order valence-corrected chi connectivity index (χ4v) is 3.04. The second-order valence-corrected chi connectivity index (χ2v) is 10.0. The van der Waals surface area contributed by atoms with Gasteiger partial charge in [-0.3, -0.25) is 4.79 Å². The van der Waals surface area contributed by atoms with E-state index < -0.39 is 22.7 Å². The molecule has 1 aromatic rings. The topological polar surface area (TPSA) is 105 Å². The lowest BCUT2D eigenvalue weighted by atomic mass is 9.82. The van der Waals surface area contributed by atoms with Gasteiger partial charge in [0.25, 0.3) is 5.91 Å². The number of primary amides is 1. The zero-order valence-electron chi connectivity index (χ0n) is 19.8. The average Bonchev–Trinajstić information content (AvgIpc) is 2.64. The predicted octanol–water partition coefficient (Wildman–Crippen LogP) is 1.39. The Bertz CT molecular complexity index is 806. The van der Waals surface area contributed by atoms with Crippen LogP contribution < -0.4 is 16.1 Å². The minimum atomic E-state index is -1.02. The molecule has 0 spiro atoms. The van der Waals surface area contributed by atoms with Crippen LogP contribution in [0.4, 0.5) is 10.5 Å². The number of nitrogens with two attached hydrogens (primary N) is 1. The molecule has 1 heterocycles. The smallest absolute Gasteiger partial charge is 0.410 e. The molecule has 31 heavy (non-hydrogen) atoms. The van der Waals surface area contributed by atoms with Crippen LogP contribution in [0.15, 0.2) is 18.2 Å². The van der Waals surface area contributed by atoms with E-state index in [1.165, 1.54) is 0 Å². The summed E-state index contributed by atoms with van der Waals surface area (Å²) in [6.07, 6.45) is -0.329. The first kappa shape index (κ1) is 25.0. The number of benzene rings is 1. The van der Waals surface area contributed by atoms with Crippen molar-refractivity contribution in [3.8, 4) is 0 Å². The van der Waals surface area contributed by atoms with Gasteiger partial charge in [0.1, 0.15) is 5.60 Å². The lowest BCUT2D eigenvalue weighted by molar-refractivity contribution is -0.0893. The van der Waals surface area contributed by atoms with Crippen molar-refractivity contribution in [2.45, 2.75) is 65.3 Å². The Kier molecular flexibility index (Phi) is 7.33. The Balaban J connectivity index is 2.09. The maximum atomic E-state index is 12.3. The maximum absolute atomic E-state index is 12.3. The highest BCUT2D eigenvalue weighted by atomic mass is 16.6. The summed E-state index contributed by atoms with van der Waals surface area (Å²) in [5.74, 6) is -0.520. The summed E-state index contributed by atoms with van der Waals surface area (Å²) in [7, 11) is 0.240. The van der Waals surface area contributed by atoms with Crippen LogP contribution in [-0.2, 0) is 9.39 Å². The molecule has 0 bridgehead atoms. The zero-order valence-corrected chi connectivity index (χ0v) is 19.8. The molecule has 0 radical (unpaired) electrons. The quantitative estimate of drug-likeness (QED) is 0.657. The van der Waals surface area contributed by atoms with Crippen molar-refractivity contribution in [1.82, 2.24) is 4.90 Å². The van der Waals surface area contributed by atoms with Crippen LogP contribution in [-0.4, -0.2) is 72.5 Å². The largest absolute Gasteiger partial charge is 0.444 e. The molecule has 0 aromatic heterocycles. The van der Waals surface area contributed by atoms with Crippen molar-refractivity contribution in [1.29, 1.82) is 0 Å². The van der Waals surface area contributed by atoms with Gasteiger partial charge < -0.3 is 30.0 Å². The van der Waals surface area contributed by atoms with Gasteiger partial charge in [-0.05, 0) is 54.5 Å². The highest BCUT2D eigenvalue weighted by Gasteiger charge is 2.35. The molecule has 1 aliphatic heterocycles. The van der Waals surface area contributed by atoms with Gasteiger partial charge in [0, 0.05) is 31.9 Å². The summed E-state index contributed by atoms with van der Waals surface area (Å²) in [4.78, 5) is 28.1. The summed E-state index contributed by atoms with van der Waals surface area (Å²) in [5.41, 5.74) is 5.27. The average molecular weight is 433 g/mol. The van der Waals surface area contributed by atoms with E-state index in [0.29, 0.717) is 31.7 Å². The number of piperazine rings is 1. The van der Waals surface area contributed by atoms with E-state index in [9.17, 15) is 14.7 Å². The molecule has 1 saturated heterocycles. The van der Waals surface area contributed by atoms with E-state index in [-0.39, 0.29) is 13.6 Å². The number of aliphatic hydroxyl groups is 1. The molecule has 1 aromatic carbocycles. The van der Waals surface area contributed by atoms with Crippen LogP contribution in [0.1, 0.15) is 58.8 Å². The third-order valence-corrected chi connectivity index (χ3v) is 5.67. The molecule has 172 valence electrons. The summed E-state index contributed by atoms with van der Waals surface area (Å²) in [5, 5.41) is 10.3. The van der Waals surface area contributed by atoms with Gasteiger partial charge in [-0.1, -0.05) is 17.6 Å². The number of carbonyl (C=O) groups excluding carboxylic acids is 2. The van der Waals surface area contributed by atoms with E-state index in [0.717, 1.165) is 11.2 Å². The summed E-state index contributed by atoms with van der Waals surface area (Å²) >= 11 is 0. The zero-order chi connectivity index (χ0) is 23.6. The van der Waals surface area contributed by atoms with Crippen LogP contribution in [0.2, 0.25) is 0 Å². The normalized spacial score (nSPS) is 15.6. The predicted molar refractivity (Wildman–Crippen MR) is 123 cm³/mol. The van der Waals surface area contributed by atoms with Gasteiger partial charge in [-0.15, -0.1) is 0 Å². The molecule has 1 aliphatic rings. The van der Waals surface area contributed by atoms with Crippen molar-refractivity contribution in [2.24, 2.45) is 5.73 Å². The van der Waals surface area contributed by atoms with Crippen molar-refractivity contribution in [3.05, 3.63) is 23.8 Å². The Morgan fingerprint density at radius 1 is 1.03 bits per heavy atom. The molecule has 0 saturated carbocycles. The van der Waals surface area contributed by atoms with Gasteiger partial charge in [0.15, 0.2) is 0 Å². The fourth-order valence-electron chi connectivity index (χ4n) is 3.04. The Hall–Kier alpha value is -2.26. The van der Waals surface area contributed by atoms with Gasteiger partial charge in [-0.25, -0.2) is 4.79 Å². The van der Waals surface area contributed by atoms with E-state index in [2.05, 4.69) is 0 Å². The van der Waals surface area contributed by atoms with Crippen LogP contribution in [0.5, 0.6) is 0 Å². The summed E-state index contributed by atoms with van der Waals surface area (Å²) in [6, 6.07) is 5.49. The van der Waals surface area contributed by atoms with E-state index in [1.54, 1.807) is 24.8 Å². The first-order valence-corrected chi connectivity index (χ1v) is 10.6. The SMILES string of the molecule is CC(C)(C)OC(=O)N1CCN(c2ccc(BOC(C)(C)C(C)(C)O)cc2C(N)=O)CC1. The molecule has 3 N–H and O–H groups in total. The number of anilines is 1. The Morgan fingerprint density at radius 3 is 2.10 bits per heavy atom. The third kappa shape index (κ3) is 6.61. The van der Waals surface area contributed by atoms with Crippen molar-refractivity contribution < 1.29 is 24.1 Å². The fraction of sp³-hybridized carbons (Fsp3) is 0.636. The maximum Gasteiger partial charge on any atom is 0.410 e. The van der Waals surface area contributed by atoms with E-state index in [4.69, 9.17) is 15.1 Å². The van der Waals surface area contributed by atoms with Gasteiger partial charge in [-0.2, -0.15) is 0 Å². The molecular formula is C22H36BN3O5. The van der Waals surface area contributed by atoms with Crippen molar-refractivity contribution in [2.75, 3.05) is 31.1 Å². The molecular weight excluding hydrogens is 397 g/mol. The summed E-state index contributed by atoms with van der Waals surface area (Å²) < 4.78 is 11.3. The number of hydrogen-bond acceptors (Lipinski definition) is 6. The van der Waals surface area contributed by atoms with E-state index >= 15 is 0 Å². The minimum absolute atomic E-state index is 0.240. The molecule has 9 heteroatoms. The Labute approximate surface area is 185 Å². The molecule has 0 aliphatic carbocycles. The van der Waals surface area contributed by atoms with Crippen molar-refractivity contribution >= 4 is 30.6 Å². The number of amides is 2. The van der Waals surface area contributed by atoms with Crippen LogP contribution >= 0.6 is 0 Å². The molecule has 0 unspecified atom stereocenters. The van der Waals surface area contributed by atoms with Crippen molar-refractivity contribution in [3.63, 3.8) is 0 Å². The summed E-state index contributed by atoms with van der Waals surface area (Å²) in [6.45, 7) is 14.7. The number of ether oxygens (including phenoxy) is 1. The van der Waals surface area contributed by atoms with Crippen LogP contribution in [0.25, 0.3) is 0 Å².